The quantitative estimate of drug-likeness (QED) is 0.585. The van der Waals surface area contributed by atoms with Crippen LogP contribution < -0.4 is 5.32 Å². The summed E-state index contributed by atoms with van der Waals surface area (Å²) in [6.07, 6.45) is 0. The molecule has 0 unspecified atom stereocenters. The molecule has 0 aliphatic carbocycles. The summed E-state index contributed by atoms with van der Waals surface area (Å²) < 4.78 is 0. The Kier molecular flexibility index (Phi) is 1.43. The Labute approximate surface area is 71.4 Å². The van der Waals surface area contributed by atoms with Gasteiger partial charge in [-0.15, -0.1) is 0 Å². The van der Waals surface area contributed by atoms with Crippen LogP contribution in [0.5, 0.6) is 0 Å². The second kappa shape index (κ2) is 2.31. The van der Waals surface area contributed by atoms with E-state index in [1.807, 2.05) is 0 Å². The van der Waals surface area contributed by atoms with Gasteiger partial charge in [-0.1, -0.05) is 29.9 Å². The van der Waals surface area contributed by atoms with Gasteiger partial charge in [0.05, 0.1) is 0 Å². The minimum Gasteiger partial charge on any atom is -0.372 e. The molecular formula is C9H9NS. The maximum Gasteiger partial charge on any atom is 0.107 e. The molecule has 0 radical (unpaired) electrons. The Bertz CT molecular complexity index is 317. The Morgan fingerprint density at radius 3 is 3.09 bits per heavy atom. The first-order valence-electron chi connectivity index (χ1n) is 3.65. The molecule has 1 aliphatic rings. The molecule has 0 saturated heterocycles. The highest BCUT2D eigenvalue weighted by Gasteiger charge is 2.13. The van der Waals surface area contributed by atoms with Gasteiger partial charge in [-0.3, -0.25) is 0 Å². The van der Waals surface area contributed by atoms with Gasteiger partial charge in [-0.2, -0.15) is 0 Å². The highest BCUT2D eigenvalue weighted by atomic mass is 32.1. The van der Waals surface area contributed by atoms with E-state index in [2.05, 4.69) is 30.4 Å². The van der Waals surface area contributed by atoms with Crippen molar-refractivity contribution in [3.8, 4) is 0 Å². The zero-order valence-corrected chi connectivity index (χ0v) is 7.16. The summed E-state index contributed by atoms with van der Waals surface area (Å²) in [5.41, 5.74) is 3.80. The van der Waals surface area contributed by atoms with E-state index in [0.717, 1.165) is 11.5 Å². The minimum atomic E-state index is 0.892. The van der Waals surface area contributed by atoms with E-state index >= 15 is 0 Å². The van der Waals surface area contributed by atoms with E-state index in [9.17, 15) is 0 Å². The predicted molar refractivity (Wildman–Crippen MR) is 49.7 cm³/mol. The van der Waals surface area contributed by atoms with Gasteiger partial charge < -0.3 is 5.32 Å². The number of aryl methyl sites for hydroxylation is 1. The van der Waals surface area contributed by atoms with Crippen molar-refractivity contribution in [1.82, 2.24) is 5.32 Å². The van der Waals surface area contributed by atoms with Crippen LogP contribution in [0.15, 0.2) is 18.2 Å². The van der Waals surface area contributed by atoms with Gasteiger partial charge in [0.15, 0.2) is 0 Å². The number of nitrogens with one attached hydrogen (secondary N) is 1. The summed E-state index contributed by atoms with van der Waals surface area (Å²) in [6, 6.07) is 6.39. The van der Waals surface area contributed by atoms with E-state index in [0.29, 0.717) is 0 Å². The van der Waals surface area contributed by atoms with E-state index in [1.165, 1.54) is 16.7 Å². The maximum atomic E-state index is 5.12. The molecule has 11 heavy (non-hydrogen) atoms. The average molecular weight is 163 g/mol. The molecule has 0 atom stereocenters. The van der Waals surface area contributed by atoms with Crippen molar-refractivity contribution in [1.29, 1.82) is 0 Å². The molecule has 0 spiro atoms. The summed E-state index contributed by atoms with van der Waals surface area (Å²) in [7, 11) is 0. The monoisotopic (exact) mass is 163 g/mol. The van der Waals surface area contributed by atoms with E-state index in [1.54, 1.807) is 0 Å². The third kappa shape index (κ3) is 1.03. The van der Waals surface area contributed by atoms with Gasteiger partial charge in [0, 0.05) is 12.1 Å². The van der Waals surface area contributed by atoms with Crippen molar-refractivity contribution in [2.24, 2.45) is 0 Å². The van der Waals surface area contributed by atoms with Crippen LogP contribution in [0.2, 0.25) is 0 Å². The second-order valence-electron chi connectivity index (χ2n) is 2.84. The molecule has 2 heteroatoms. The van der Waals surface area contributed by atoms with Gasteiger partial charge in [0.25, 0.3) is 0 Å². The molecule has 1 aliphatic heterocycles. The van der Waals surface area contributed by atoms with Crippen LogP contribution in [0, 0.1) is 6.92 Å². The fourth-order valence-corrected chi connectivity index (χ4v) is 1.59. The fourth-order valence-electron chi connectivity index (χ4n) is 1.33. The van der Waals surface area contributed by atoms with Crippen molar-refractivity contribution in [3.63, 3.8) is 0 Å². The lowest BCUT2D eigenvalue weighted by atomic mass is 10.1. The van der Waals surface area contributed by atoms with Crippen LogP contribution in [0.4, 0.5) is 0 Å². The smallest absolute Gasteiger partial charge is 0.107 e. The Balaban J connectivity index is 2.60. The van der Waals surface area contributed by atoms with Gasteiger partial charge in [-0.25, -0.2) is 0 Å². The first kappa shape index (κ1) is 6.80. The third-order valence-electron chi connectivity index (χ3n) is 1.95. The summed E-state index contributed by atoms with van der Waals surface area (Å²) in [5, 5.41) is 3.14. The highest BCUT2D eigenvalue weighted by molar-refractivity contribution is 7.80. The maximum absolute atomic E-state index is 5.12. The van der Waals surface area contributed by atoms with Crippen molar-refractivity contribution >= 4 is 17.2 Å². The number of fused-ring (bicyclic) bond motifs is 1. The second-order valence-corrected chi connectivity index (χ2v) is 3.25. The molecule has 1 N–H and O–H groups in total. The van der Waals surface area contributed by atoms with Crippen molar-refractivity contribution < 1.29 is 0 Å². The van der Waals surface area contributed by atoms with Crippen molar-refractivity contribution in [3.05, 3.63) is 34.9 Å². The number of rotatable bonds is 0. The van der Waals surface area contributed by atoms with Gasteiger partial charge in [-0.05, 0) is 18.6 Å². The zero-order valence-electron chi connectivity index (χ0n) is 6.35. The summed E-state index contributed by atoms with van der Waals surface area (Å²) in [5.74, 6) is 0. The third-order valence-corrected chi connectivity index (χ3v) is 2.31. The molecule has 0 fully saturated rings. The topological polar surface area (TPSA) is 12.0 Å². The summed E-state index contributed by atoms with van der Waals surface area (Å²) in [4.78, 5) is 0.892. The van der Waals surface area contributed by atoms with E-state index in [-0.39, 0.29) is 0 Å². The lowest BCUT2D eigenvalue weighted by Gasteiger charge is -1.97. The largest absolute Gasteiger partial charge is 0.372 e. The van der Waals surface area contributed by atoms with Gasteiger partial charge in [0.1, 0.15) is 4.99 Å². The number of hydrogen-bond donors (Lipinski definition) is 1. The molecule has 0 amide bonds. The Hall–Kier alpha value is -0.890. The lowest BCUT2D eigenvalue weighted by Crippen LogP contribution is -2.10. The van der Waals surface area contributed by atoms with Crippen LogP contribution in [0.1, 0.15) is 16.7 Å². The standard InChI is InChI=1S/C9H9NS/c1-6-2-3-7-5-10-9(11)8(7)4-6/h2-4H,5H2,1H3,(H,10,11). The molecule has 1 aromatic carbocycles. The number of hydrogen-bond acceptors (Lipinski definition) is 1. The highest BCUT2D eigenvalue weighted by Crippen LogP contribution is 2.16. The van der Waals surface area contributed by atoms with Crippen LogP contribution in [-0.2, 0) is 6.54 Å². The van der Waals surface area contributed by atoms with Crippen LogP contribution in [0.3, 0.4) is 0 Å². The summed E-state index contributed by atoms with van der Waals surface area (Å²) >= 11 is 5.12. The van der Waals surface area contributed by atoms with E-state index < -0.39 is 0 Å². The van der Waals surface area contributed by atoms with Gasteiger partial charge >= 0.3 is 0 Å². The fraction of sp³-hybridized carbons (Fsp3) is 0.222. The number of benzene rings is 1. The average Bonchev–Trinajstić information content (AvgIpc) is 2.33. The molecule has 0 saturated carbocycles. The first-order chi connectivity index (χ1) is 5.27. The molecule has 1 nitrogen and oxygen atoms in total. The van der Waals surface area contributed by atoms with Crippen molar-refractivity contribution in [2.75, 3.05) is 0 Å². The molecule has 56 valence electrons. The predicted octanol–water partition coefficient (Wildman–Crippen LogP) is 1.77. The lowest BCUT2D eigenvalue weighted by molar-refractivity contribution is 0.973. The minimum absolute atomic E-state index is 0.892. The van der Waals surface area contributed by atoms with Crippen molar-refractivity contribution in [2.45, 2.75) is 13.5 Å². The molecule has 0 aromatic heterocycles. The van der Waals surface area contributed by atoms with Crippen LogP contribution in [0.25, 0.3) is 0 Å². The Morgan fingerprint density at radius 2 is 2.27 bits per heavy atom. The normalized spacial score (nSPS) is 14.5. The van der Waals surface area contributed by atoms with Gasteiger partial charge in [0.2, 0.25) is 0 Å². The molecular weight excluding hydrogens is 154 g/mol. The molecule has 0 bridgehead atoms. The SMILES string of the molecule is Cc1ccc2c(c1)C(=S)NC2. The Morgan fingerprint density at radius 1 is 1.45 bits per heavy atom. The number of thiocarbonyl (C=S) groups is 1. The summed E-state index contributed by atoms with van der Waals surface area (Å²) in [6.45, 7) is 2.98. The first-order valence-corrected chi connectivity index (χ1v) is 4.06. The van der Waals surface area contributed by atoms with Crippen LogP contribution in [-0.4, -0.2) is 4.99 Å². The molecule has 1 heterocycles. The van der Waals surface area contributed by atoms with Crippen LogP contribution >= 0.6 is 12.2 Å². The molecule has 1 aromatic rings. The zero-order chi connectivity index (χ0) is 7.84. The van der Waals surface area contributed by atoms with E-state index in [4.69, 9.17) is 12.2 Å². The molecule has 2 rings (SSSR count).